The van der Waals surface area contributed by atoms with E-state index in [1.807, 2.05) is 91.0 Å². The molecule has 0 aliphatic carbocycles. The normalized spacial score (nSPS) is 11.7. The Hall–Kier alpha value is -16.8. The summed E-state index contributed by atoms with van der Waals surface area (Å²) in [5.41, 5.74) is 29.0. The highest BCUT2D eigenvalue weighted by Crippen LogP contribution is 2.45. The second kappa shape index (κ2) is 29.1. The third-order valence-corrected chi connectivity index (χ3v) is 23.9. The predicted octanol–water partition coefficient (Wildman–Crippen LogP) is 27.5. The number of fused-ring (bicyclic) bond motifs is 27. The van der Waals surface area contributed by atoms with Crippen LogP contribution < -0.4 is 0 Å². The van der Waals surface area contributed by atoms with Gasteiger partial charge in [-0.1, -0.05) is 309 Å². The predicted molar refractivity (Wildman–Crippen MR) is 506 cm³/mol. The molecule has 9 heterocycles. The number of nitrogens with zero attached hydrogens (tertiary/aromatic N) is 12. The van der Waals surface area contributed by atoms with Crippen LogP contribution in [0, 0.1) is 0 Å². The first kappa shape index (κ1) is 70.4. The molecule has 0 saturated carbocycles. The number of hydrogen-bond acceptors (Lipinski definition) is 9. The van der Waals surface area contributed by atoms with Crippen molar-refractivity contribution in [1.29, 1.82) is 0 Å². The van der Waals surface area contributed by atoms with Gasteiger partial charge in [0.05, 0.1) is 89.2 Å². The minimum atomic E-state index is 0.724. The molecule has 0 saturated heterocycles. The highest BCUT2D eigenvalue weighted by molar-refractivity contribution is 6.27. The van der Waals surface area contributed by atoms with E-state index in [2.05, 4.69) is 335 Å². The molecule has 0 atom stereocenters. The fourth-order valence-corrected chi connectivity index (χ4v) is 18.3. The van der Waals surface area contributed by atoms with E-state index in [9.17, 15) is 0 Å². The molecule has 26 rings (SSSR count). The van der Waals surface area contributed by atoms with Crippen LogP contribution in [0.4, 0.5) is 0 Å². The molecule has 0 N–H and O–H groups in total. The van der Waals surface area contributed by atoms with Gasteiger partial charge >= 0.3 is 0 Å². The van der Waals surface area contributed by atoms with Gasteiger partial charge in [0.15, 0.2) is 5.82 Å². The van der Waals surface area contributed by atoms with Crippen molar-refractivity contribution >= 4 is 148 Å². The van der Waals surface area contributed by atoms with Gasteiger partial charge in [-0.25, -0.2) is 44.9 Å². The van der Waals surface area contributed by atoms with E-state index in [4.69, 9.17) is 44.9 Å². The van der Waals surface area contributed by atoms with Gasteiger partial charge in [0.25, 0.3) is 0 Å². The van der Waals surface area contributed by atoms with Gasteiger partial charge in [0.2, 0.25) is 0 Å². The summed E-state index contributed by atoms with van der Waals surface area (Å²) in [4.78, 5) is 46.0. The van der Waals surface area contributed by atoms with Crippen molar-refractivity contribution in [3.63, 3.8) is 0 Å². The first-order chi connectivity index (χ1) is 61.0. The largest absolute Gasteiger partial charge is 0.299 e. The molecule has 0 unspecified atom stereocenters. The van der Waals surface area contributed by atoms with Gasteiger partial charge in [-0.3, -0.25) is 13.2 Å². The summed E-state index contributed by atoms with van der Waals surface area (Å²) >= 11 is 0. The number of imidazole rings is 3. The summed E-state index contributed by atoms with van der Waals surface area (Å²) in [6.07, 6.45) is 6.29. The van der Waals surface area contributed by atoms with E-state index in [1.165, 1.54) is 48.5 Å². The maximum absolute atomic E-state index is 5.35. The second-order valence-corrected chi connectivity index (χ2v) is 31.1. The minimum absolute atomic E-state index is 0.724. The van der Waals surface area contributed by atoms with E-state index < -0.39 is 0 Å². The number of rotatable bonds is 8. The molecule has 0 bridgehead atoms. The standard InChI is InChI=1S/C45H28N4.2C33H20N4/c1-4-14-29(15-5-1)36-27-39-40(47-43(31-18-8-3-9-19-31)42(46-39)30-16-6-2-7-17-30)28-37(36)32-23-24-35-38(26-32)33-20-10-11-21-34(33)44-45(35)49-25-13-12-22-41(49)48-44;1-2-10-21(11-3-1)30-31(35-28-15-7-6-14-27(28)34-30)22-17-18-25-26(20-22)23-12-4-5-13-24(23)32-33(25)37-19-9-8-16-29(37)36-32;1-2-10-21(11-3-1)30-26-14-6-7-15-28(26)34-33(36-30)22-17-18-25-27(20-22)23-12-4-5-13-24(23)31-32(25)37-19-9-8-16-29(37)35-31/h1-28H;2*1-20H. The van der Waals surface area contributed by atoms with Crippen LogP contribution in [0.3, 0.4) is 0 Å². The van der Waals surface area contributed by atoms with Gasteiger partial charge in [-0.15, -0.1) is 0 Å². The highest BCUT2D eigenvalue weighted by Gasteiger charge is 2.24. The topological polar surface area (TPSA) is 129 Å². The molecule has 12 heteroatoms. The number of hydrogen-bond donors (Lipinski definition) is 0. The first-order valence-corrected chi connectivity index (χ1v) is 41.3. The van der Waals surface area contributed by atoms with Gasteiger partial charge in [0.1, 0.15) is 16.9 Å². The monoisotopic (exact) mass is 1570 g/mol. The number of benzene rings is 17. The van der Waals surface area contributed by atoms with Gasteiger partial charge in [-0.2, -0.15) is 0 Å². The number of pyridine rings is 3. The average molecular weight is 1570 g/mol. The SMILES string of the molecule is c1ccc(-c2cc3nc(-c4ccccc4)c(-c4ccccc4)nc3cc2-c2ccc3c(c2)c2ccccc2c2nc4ccccn4c32)cc1.c1ccc(-c2nc(-c3ccc4c(c3)c3ccccc3c3nc5ccccn5c43)nc3ccccc23)cc1.c1ccc(-c2nc3ccccc3nc2-c2ccc3c(c2)c2ccccc2c2nc4ccccn4c32)cc1. The molecule has 0 fully saturated rings. The third-order valence-electron chi connectivity index (χ3n) is 23.9. The molecule has 123 heavy (non-hydrogen) atoms. The Kier molecular flexibility index (Phi) is 16.6. The molecular weight excluding hydrogens is 1500 g/mol. The van der Waals surface area contributed by atoms with Crippen LogP contribution in [0.25, 0.3) is 238 Å². The lowest BCUT2D eigenvalue weighted by molar-refractivity contribution is 1.23. The molecule has 12 nitrogen and oxygen atoms in total. The van der Waals surface area contributed by atoms with Crippen molar-refractivity contribution in [3.8, 4) is 89.9 Å². The molecular formula is C111H68N12. The Morgan fingerprint density at radius 2 is 0.455 bits per heavy atom. The minimum Gasteiger partial charge on any atom is -0.299 e. The summed E-state index contributed by atoms with van der Waals surface area (Å²) < 4.78 is 6.58. The molecule has 9 aromatic heterocycles. The fraction of sp³-hybridized carbons (Fsp3) is 0. The van der Waals surface area contributed by atoms with Gasteiger partial charge in [0, 0.05) is 89.7 Å². The quantitative estimate of drug-likeness (QED) is 0.137. The van der Waals surface area contributed by atoms with Crippen molar-refractivity contribution in [1.82, 2.24) is 58.1 Å². The average Bonchev–Trinajstić information content (AvgIpc) is 1.52. The van der Waals surface area contributed by atoms with Crippen molar-refractivity contribution in [2.75, 3.05) is 0 Å². The lowest BCUT2D eigenvalue weighted by Crippen LogP contribution is -1.97. The molecule has 0 aliphatic rings. The van der Waals surface area contributed by atoms with Crippen LogP contribution in [0.15, 0.2) is 413 Å². The Balaban J connectivity index is 0.000000106. The summed E-state index contributed by atoms with van der Waals surface area (Å²) in [5, 5.41) is 15.1. The van der Waals surface area contributed by atoms with E-state index >= 15 is 0 Å². The zero-order valence-electron chi connectivity index (χ0n) is 66.1. The molecule has 0 radical (unpaired) electrons. The van der Waals surface area contributed by atoms with Crippen molar-refractivity contribution in [3.05, 3.63) is 413 Å². The summed E-state index contributed by atoms with van der Waals surface area (Å²) in [7, 11) is 0. The van der Waals surface area contributed by atoms with Crippen LogP contribution in [0.2, 0.25) is 0 Å². The highest BCUT2D eigenvalue weighted by atomic mass is 15.0. The lowest BCUT2D eigenvalue weighted by atomic mass is 9.91. The van der Waals surface area contributed by atoms with Crippen molar-refractivity contribution in [2.24, 2.45) is 0 Å². The van der Waals surface area contributed by atoms with Crippen LogP contribution in [-0.2, 0) is 0 Å². The molecule has 17 aromatic carbocycles. The molecule has 0 spiro atoms. The van der Waals surface area contributed by atoms with E-state index in [-0.39, 0.29) is 0 Å². The van der Waals surface area contributed by atoms with Crippen LogP contribution in [0.1, 0.15) is 0 Å². The van der Waals surface area contributed by atoms with E-state index in [0.717, 1.165) is 189 Å². The number of aromatic nitrogens is 12. The van der Waals surface area contributed by atoms with Crippen LogP contribution in [0.5, 0.6) is 0 Å². The van der Waals surface area contributed by atoms with Crippen LogP contribution >= 0.6 is 0 Å². The van der Waals surface area contributed by atoms with Crippen molar-refractivity contribution in [2.45, 2.75) is 0 Å². The summed E-state index contributed by atoms with van der Waals surface area (Å²) in [6, 6.07) is 137. The molecule has 0 amide bonds. The zero-order chi connectivity index (χ0) is 81.0. The maximum atomic E-state index is 5.35. The molecule has 26 aromatic rings. The van der Waals surface area contributed by atoms with Crippen molar-refractivity contribution < 1.29 is 0 Å². The number of para-hydroxylation sites is 3. The lowest BCUT2D eigenvalue weighted by Gasteiger charge is -2.16. The third kappa shape index (κ3) is 11.9. The molecule has 572 valence electrons. The summed E-state index contributed by atoms with van der Waals surface area (Å²) in [5.74, 6) is 0.724. The van der Waals surface area contributed by atoms with E-state index in [1.54, 1.807) is 0 Å². The summed E-state index contributed by atoms with van der Waals surface area (Å²) in [6.45, 7) is 0. The fourth-order valence-electron chi connectivity index (χ4n) is 18.3. The Labute approximate surface area is 704 Å². The second-order valence-electron chi connectivity index (χ2n) is 31.1. The van der Waals surface area contributed by atoms with Gasteiger partial charge in [-0.05, 0) is 140 Å². The van der Waals surface area contributed by atoms with Gasteiger partial charge < -0.3 is 0 Å². The van der Waals surface area contributed by atoms with E-state index in [0.29, 0.717) is 0 Å². The molecule has 0 aliphatic heterocycles. The Morgan fingerprint density at radius 3 is 0.878 bits per heavy atom. The zero-order valence-corrected chi connectivity index (χ0v) is 66.1. The maximum Gasteiger partial charge on any atom is 0.160 e. The first-order valence-electron chi connectivity index (χ1n) is 41.3. The van der Waals surface area contributed by atoms with Crippen LogP contribution in [-0.4, -0.2) is 58.1 Å². The Morgan fingerprint density at radius 1 is 0.154 bits per heavy atom. The Bertz CT molecular complexity index is 8750. The smallest absolute Gasteiger partial charge is 0.160 e.